The molecule has 0 radical (unpaired) electrons. The molecule has 0 aliphatic carbocycles. The van der Waals surface area contributed by atoms with Gasteiger partial charge in [-0.15, -0.1) is 21.8 Å². The number of amides is 1. The zero-order valence-electron chi connectivity index (χ0n) is 9.72. The van der Waals surface area contributed by atoms with Crippen LogP contribution in [-0.2, 0) is 5.88 Å². The number of halogens is 1. The Morgan fingerprint density at radius 3 is 2.72 bits per heavy atom. The summed E-state index contributed by atoms with van der Waals surface area (Å²) in [7, 11) is 0. The fraction of sp³-hybridized carbons (Fsp3) is 0.273. The molecule has 2 N–H and O–H groups in total. The van der Waals surface area contributed by atoms with Crippen molar-refractivity contribution in [1.82, 2.24) is 25.9 Å². The Morgan fingerprint density at radius 2 is 2.17 bits per heavy atom. The number of nitrogens with one attached hydrogen (secondary N) is 2. The van der Waals surface area contributed by atoms with Gasteiger partial charge in [-0.25, -0.2) is 0 Å². The van der Waals surface area contributed by atoms with Crippen molar-refractivity contribution in [2.24, 2.45) is 0 Å². The first-order chi connectivity index (χ1) is 8.70. The highest BCUT2D eigenvalue weighted by atomic mass is 35.5. The van der Waals surface area contributed by atoms with Gasteiger partial charge in [0.1, 0.15) is 0 Å². The van der Waals surface area contributed by atoms with Crippen molar-refractivity contribution in [3.05, 3.63) is 41.2 Å². The molecule has 0 fully saturated rings. The molecule has 0 saturated carbocycles. The molecule has 1 aromatic carbocycles. The number of hydrogen-bond acceptors (Lipinski definition) is 4. The SMILES string of the molecule is CC(NC(=O)c1ccc(CCl)cc1)c1nn[nH]n1. The number of tetrazole rings is 1. The Hall–Kier alpha value is -1.95. The Bertz CT molecular complexity index is 511. The molecule has 1 amide bonds. The summed E-state index contributed by atoms with van der Waals surface area (Å²) in [4.78, 5) is 11.9. The Kier molecular flexibility index (Phi) is 3.88. The fourth-order valence-electron chi connectivity index (χ4n) is 1.44. The Morgan fingerprint density at radius 1 is 1.44 bits per heavy atom. The molecule has 1 heterocycles. The highest BCUT2D eigenvalue weighted by molar-refractivity contribution is 6.17. The molecule has 1 atom stereocenters. The lowest BCUT2D eigenvalue weighted by Crippen LogP contribution is -2.27. The van der Waals surface area contributed by atoms with Crippen molar-refractivity contribution >= 4 is 17.5 Å². The van der Waals surface area contributed by atoms with Crippen LogP contribution < -0.4 is 5.32 Å². The van der Waals surface area contributed by atoms with Crippen molar-refractivity contribution in [2.45, 2.75) is 18.8 Å². The summed E-state index contributed by atoms with van der Waals surface area (Å²) in [5.41, 5.74) is 1.54. The number of hydrogen-bond donors (Lipinski definition) is 2. The molecule has 0 aliphatic rings. The zero-order valence-corrected chi connectivity index (χ0v) is 10.5. The Balaban J connectivity index is 2.03. The van der Waals surface area contributed by atoms with Gasteiger partial charge in [0.2, 0.25) is 0 Å². The highest BCUT2D eigenvalue weighted by Crippen LogP contribution is 2.09. The third-order valence-electron chi connectivity index (χ3n) is 2.47. The number of benzene rings is 1. The van der Waals surface area contributed by atoms with Crippen molar-refractivity contribution in [3.63, 3.8) is 0 Å². The van der Waals surface area contributed by atoms with E-state index in [1.54, 1.807) is 19.1 Å². The molecule has 6 nitrogen and oxygen atoms in total. The number of alkyl halides is 1. The van der Waals surface area contributed by atoms with Gasteiger partial charge in [0.05, 0.1) is 6.04 Å². The van der Waals surface area contributed by atoms with Crippen LogP contribution in [0.1, 0.15) is 34.7 Å². The number of carbonyl (C=O) groups is 1. The van der Waals surface area contributed by atoms with E-state index in [4.69, 9.17) is 11.6 Å². The van der Waals surface area contributed by atoms with Crippen LogP contribution in [0, 0.1) is 0 Å². The van der Waals surface area contributed by atoms with Crippen LogP contribution in [0.4, 0.5) is 0 Å². The topological polar surface area (TPSA) is 83.6 Å². The van der Waals surface area contributed by atoms with Crippen LogP contribution in [0.2, 0.25) is 0 Å². The number of nitrogens with zero attached hydrogens (tertiary/aromatic N) is 3. The van der Waals surface area contributed by atoms with Crippen LogP contribution in [0.25, 0.3) is 0 Å². The largest absolute Gasteiger partial charge is 0.342 e. The number of aromatic amines is 1. The second-order valence-corrected chi connectivity index (χ2v) is 4.06. The van der Waals surface area contributed by atoms with Gasteiger partial charge < -0.3 is 5.32 Å². The van der Waals surface area contributed by atoms with Crippen molar-refractivity contribution in [3.8, 4) is 0 Å². The first kappa shape index (κ1) is 12.5. The normalized spacial score (nSPS) is 12.1. The molecule has 0 spiro atoms. The molecular weight excluding hydrogens is 254 g/mol. The van der Waals surface area contributed by atoms with E-state index < -0.39 is 0 Å². The Labute approximate surface area is 109 Å². The van der Waals surface area contributed by atoms with Crippen molar-refractivity contribution < 1.29 is 4.79 Å². The minimum atomic E-state index is -0.302. The van der Waals surface area contributed by atoms with Crippen molar-refractivity contribution in [2.75, 3.05) is 0 Å². The molecule has 0 aliphatic heterocycles. The lowest BCUT2D eigenvalue weighted by atomic mass is 10.1. The van der Waals surface area contributed by atoms with E-state index in [1.807, 2.05) is 12.1 Å². The molecule has 1 unspecified atom stereocenters. The standard InChI is InChI=1S/C11H12ClN5O/c1-7(10-14-16-17-15-10)13-11(18)9-4-2-8(6-12)3-5-9/h2-5,7H,6H2,1H3,(H,13,18)(H,14,15,16,17). The van der Waals surface area contributed by atoms with E-state index in [2.05, 4.69) is 25.9 Å². The van der Waals surface area contributed by atoms with Gasteiger partial charge in [-0.1, -0.05) is 17.3 Å². The molecule has 7 heteroatoms. The zero-order chi connectivity index (χ0) is 13.0. The minimum absolute atomic E-state index is 0.187. The number of aromatic nitrogens is 4. The maximum Gasteiger partial charge on any atom is 0.251 e. The van der Waals surface area contributed by atoms with Crippen molar-refractivity contribution in [1.29, 1.82) is 0 Å². The lowest BCUT2D eigenvalue weighted by molar-refractivity contribution is 0.0938. The first-order valence-electron chi connectivity index (χ1n) is 5.40. The molecule has 18 heavy (non-hydrogen) atoms. The summed E-state index contributed by atoms with van der Waals surface area (Å²) in [6.07, 6.45) is 0. The van der Waals surface area contributed by atoms with Gasteiger partial charge in [0.15, 0.2) is 5.82 Å². The monoisotopic (exact) mass is 265 g/mol. The summed E-state index contributed by atoms with van der Waals surface area (Å²) in [6.45, 7) is 1.79. The third kappa shape index (κ3) is 2.84. The van der Waals surface area contributed by atoms with Crippen LogP contribution in [0.15, 0.2) is 24.3 Å². The second kappa shape index (κ2) is 5.59. The molecule has 0 bridgehead atoms. The van der Waals surface area contributed by atoms with Gasteiger partial charge >= 0.3 is 0 Å². The van der Waals surface area contributed by atoms with Gasteiger partial charge in [0.25, 0.3) is 5.91 Å². The predicted octanol–water partition coefficient (Wildman–Crippen LogP) is 1.43. The molecule has 2 aromatic rings. The van der Waals surface area contributed by atoms with E-state index in [1.165, 1.54) is 0 Å². The van der Waals surface area contributed by atoms with E-state index in [0.29, 0.717) is 17.3 Å². The quantitative estimate of drug-likeness (QED) is 0.819. The third-order valence-corrected chi connectivity index (χ3v) is 2.78. The van der Waals surface area contributed by atoms with E-state index in [9.17, 15) is 4.79 Å². The second-order valence-electron chi connectivity index (χ2n) is 3.80. The summed E-state index contributed by atoms with van der Waals surface area (Å²) < 4.78 is 0. The molecule has 2 rings (SSSR count). The van der Waals surface area contributed by atoms with Gasteiger partial charge in [0, 0.05) is 11.4 Å². The van der Waals surface area contributed by atoms with E-state index in [0.717, 1.165) is 5.56 Å². The van der Waals surface area contributed by atoms with E-state index in [-0.39, 0.29) is 11.9 Å². The number of rotatable bonds is 4. The van der Waals surface area contributed by atoms with Crippen LogP contribution in [0.5, 0.6) is 0 Å². The van der Waals surface area contributed by atoms with Crippen LogP contribution in [0.3, 0.4) is 0 Å². The molecule has 0 saturated heterocycles. The summed E-state index contributed by atoms with van der Waals surface area (Å²) in [5, 5.41) is 16.2. The fourth-order valence-corrected chi connectivity index (χ4v) is 1.62. The van der Waals surface area contributed by atoms with Crippen LogP contribution in [-0.4, -0.2) is 26.5 Å². The summed E-state index contributed by atoms with van der Waals surface area (Å²) >= 11 is 5.68. The van der Waals surface area contributed by atoms with E-state index >= 15 is 0 Å². The number of carbonyl (C=O) groups excluding carboxylic acids is 1. The lowest BCUT2D eigenvalue weighted by Gasteiger charge is -2.10. The molecule has 1 aromatic heterocycles. The average molecular weight is 266 g/mol. The molecular formula is C11H12ClN5O. The average Bonchev–Trinajstić information content (AvgIpc) is 2.92. The minimum Gasteiger partial charge on any atom is -0.342 e. The molecule has 94 valence electrons. The first-order valence-corrected chi connectivity index (χ1v) is 5.93. The van der Waals surface area contributed by atoms with Gasteiger partial charge in [-0.3, -0.25) is 4.79 Å². The smallest absolute Gasteiger partial charge is 0.251 e. The summed E-state index contributed by atoms with van der Waals surface area (Å²) in [6, 6.07) is 6.80. The maximum absolute atomic E-state index is 11.9. The van der Waals surface area contributed by atoms with Crippen LogP contribution >= 0.6 is 11.6 Å². The summed E-state index contributed by atoms with van der Waals surface area (Å²) in [5.74, 6) is 0.690. The van der Waals surface area contributed by atoms with Gasteiger partial charge in [-0.05, 0) is 24.6 Å². The predicted molar refractivity (Wildman–Crippen MR) is 66.1 cm³/mol. The highest BCUT2D eigenvalue weighted by Gasteiger charge is 2.14. The van der Waals surface area contributed by atoms with Gasteiger partial charge in [-0.2, -0.15) is 5.21 Å². The maximum atomic E-state index is 11.9. The number of H-pyrrole nitrogens is 1.